The fourth-order valence-corrected chi connectivity index (χ4v) is 3.75. The van der Waals surface area contributed by atoms with E-state index in [0.717, 1.165) is 28.3 Å². The molecule has 2 heterocycles. The molecular formula is C22H27N5O5. The average Bonchev–Trinajstić information content (AvgIpc) is 3.13. The topological polar surface area (TPSA) is 121 Å². The molecule has 0 saturated carbocycles. The lowest BCUT2D eigenvalue weighted by Crippen LogP contribution is -2.26. The van der Waals surface area contributed by atoms with E-state index in [-0.39, 0.29) is 30.3 Å². The van der Waals surface area contributed by atoms with Crippen LogP contribution in [0, 0.1) is 30.9 Å². The molecular weight excluding hydrogens is 414 g/mol. The summed E-state index contributed by atoms with van der Waals surface area (Å²) < 4.78 is 12.2. The first-order valence-electron chi connectivity index (χ1n) is 10.2. The maximum atomic E-state index is 12.4. The summed E-state index contributed by atoms with van der Waals surface area (Å²) in [6, 6.07) is 4.83. The average molecular weight is 441 g/mol. The number of aryl methyl sites for hydroxylation is 3. The normalized spacial score (nSPS) is 10.9. The number of carbonyl (C=O) groups excluding carboxylic acids is 1. The molecule has 0 atom stereocenters. The van der Waals surface area contributed by atoms with Gasteiger partial charge in [0.15, 0.2) is 17.1 Å². The summed E-state index contributed by atoms with van der Waals surface area (Å²) in [6.07, 6.45) is 1.10. The molecule has 0 spiro atoms. The fourth-order valence-electron chi connectivity index (χ4n) is 3.75. The van der Waals surface area contributed by atoms with Gasteiger partial charge in [0.2, 0.25) is 5.91 Å². The van der Waals surface area contributed by atoms with Gasteiger partial charge >= 0.3 is 0 Å². The highest BCUT2D eigenvalue weighted by molar-refractivity contribution is 5.76. The van der Waals surface area contributed by atoms with Gasteiger partial charge in [0.25, 0.3) is 5.69 Å². The molecule has 0 aliphatic carbocycles. The summed E-state index contributed by atoms with van der Waals surface area (Å²) in [5.41, 5.74) is 4.91. The van der Waals surface area contributed by atoms with Crippen molar-refractivity contribution in [2.24, 2.45) is 0 Å². The number of hydrogen-bond acceptors (Lipinski definition) is 7. The van der Waals surface area contributed by atoms with E-state index >= 15 is 0 Å². The SMILES string of the molecule is COc1cc(CCNC(=O)CCc2c(C)nc3cc(C)nn3c2C)c([N+](=O)[O-])cc1OC. The summed E-state index contributed by atoms with van der Waals surface area (Å²) in [5, 5.41) is 18.7. The number of nitro benzene ring substituents is 1. The van der Waals surface area contributed by atoms with Crippen LogP contribution in [-0.2, 0) is 17.6 Å². The van der Waals surface area contributed by atoms with Gasteiger partial charge in [-0.05, 0) is 45.2 Å². The maximum Gasteiger partial charge on any atom is 0.276 e. The second-order valence-electron chi connectivity index (χ2n) is 7.51. The summed E-state index contributed by atoms with van der Waals surface area (Å²) in [4.78, 5) is 27.9. The quantitative estimate of drug-likeness (QED) is 0.400. The second-order valence-corrected chi connectivity index (χ2v) is 7.51. The van der Waals surface area contributed by atoms with Crippen molar-refractivity contribution in [2.75, 3.05) is 20.8 Å². The predicted molar refractivity (Wildman–Crippen MR) is 118 cm³/mol. The highest BCUT2D eigenvalue weighted by Gasteiger charge is 2.19. The van der Waals surface area contributed by atoms with Gasteiger partial charge < -0.3 is 14.8 Å². The molecule has 2 aromatic heterocycles. The molecule has 1 amide bonds. The summed E-state index contributed by atoms with van der Waals surface area (Å²) in [5.74, 6) is 0.557. The molecule has 0 aliphatic heterocycles. The molecule has 0 saturated heterocycles. The lowest BCUT2D eigenvalue weighted by atomic mass is 10.1. The van der Waals surface area contributed by atoms with Crippen LogP contribution in [0.1, 0.15) is 34.6 Å². The van der Waals surface area contributed by atoms with E-state index in [0.29, 0.717) is 24.2 Å². The van der Waals surface area contributed by atoms with E-state index < -0.39 is 4.92 Å². The Hall–Kier alpha value is -3.69. The van der Waals surface area contributed by atoms with Crippen LogP contribution in [0.3, 0.4) is 0 Å². The standard InChI is InChI=1S/C22H27N5O5/c1-13-10-21-24-14(2)17(15(3)26(21)25-13)6-7-22(28)23-9-8-16-11-19(31-4)20(32-5)12-18(16)27(29)30/h10-12H,6-9H2,1-5H3,(H,23,28). The molecule has 0 unspecified atom stereocenters. The second kappa shape index (κ2) is 9.63. The van der Waals surface area contributed by atoms with Gasteiger partial charge in [0, 0.05) is 36.0 Å². The third-order valence-electron chi connectivity index (χ3n) is 5.39. The van der Waals surface area contributed by atoms with Gasteiger partial charge in [-0.1, -0.05) is 0 Å². The molecule has 3 aromatic rings. The maximum absolute atomic E-state index is 12.4. The van der Waals surface area contributed by atoms with Crippen molar-refractivity contribution in [3.8, 4) is 11.5 Å². The van der Waals surface area contributed by atoms with Crippen molar-refractivity contribution < 1.29 is 19.2 Å². The lowest BCUT2D eigenvalue weighted by molar-refractivity contribution is -0.385. The number of ether oxygens (including phenoxy) is 2. The molecule has 1 aromatic carbocycles. The van der Waals surface area contributed by atoms with Crippen LogP contribution < -0.4 is 14.8 Å². The molecule has 10 heteroatoms. The third kappa shape index (κ3) is 4.79. The monoisotopic (exact) mass is 441 g/mol. The smallest absolute Gasteiger partial charge is 0.276 e. The van der Waals surface area contributed by atoms with Crippen LogP contribution >= 0.6 is 0 Å². The van der Waals surface area contributed by atoms with E-state index in [1.165, 1.54) is 20.3 Å². The molecule has 0 aliphatic rings. The van der Waals surface area contributed by atoms with Gasteiger partial charge in [0.05, 0.1) is 30.9 Å². The first-order valence-corrected chi connectivity index (χ1v) is 10.2. The number of rotatable bonds is 9. The minimum Gasteiger partial charge on any atom is -0.493 e. The molecule has 0 bridgehead atoms. The van der Waals surface area contributed by atoms with Crippen LogP contribution in [0.4, 0.5) is 5.69 Å². The van der Waals surface area contributed by atoms with Gasteiger partial charge in [0.1, 0.15) is 0 Å². The largest absolute Gasteiger partial charge is 0.493 e. The zero-order valence-electron chi connectivity index (χ0n) is 18.9. The molecule has 0 radical (unpaired) electrons. The fraction of sp³-hybridized carbons (Fsp3) is 0.409. The Morgan fingerprint density at radius 3 is 2.47 bits per heavy atom. The molecule has 3 rings (SSSR count). The Morgan fingerprint density at radius 2 is 1.81 bits per heavy atom. The molecule has 170 valence electrons. The van der Waals surface area contributed by atoms with Crippen LogP contribution in [0.25, 0.3) is 5.65 Å². The van der Waals surface area contributed by atoms with E-state index in [4.69, 9.17) is 9.47 Å². The number of methoxy groups -OCH3 is 2. The van der Waals surface area contributed by atoms with Crippen molar-refractivity contribution in [2.45, 2.75) is 40.0 Å². The Morgan fingerprint density at radius 1 is 1.12 bits per heavy atom. The Kier molecular flexibility index (Phi) is 6.92. The minimum atomic E-state index is -0.467. The first-order chi connectivity index (χ1) is 15.2. The van der Waals surface area contributed by atoms with Crippen molar-refractivity contribution in [1.82, 2.24) is 19.9 Å². The number of fused-ring (bicyclic) bond motifs is 1. The summed E-state index contributed by atoms with van der Waals surface area (Å²) in [7, 11) is 2.89. The van der Waals surface area contributed by atoms with Crippen molar-refractivity contribution in [1.29, 1.82) is 0 Å². The van der Waals surface area contributed by atoms with Crippen molar-refractivity contribution >= 4 is 17.2 Å². The number of carbonyl (C=O) groups is 1. The van der Waals surface area contributed by atoms with Gasteiger partial charge in [-0.3, -0.25) is 14.9 Å². The number of nitrogens with zero attached hydrogens (tertiary/aromatic N) is 4. The lowest BCUT2D eigenvalue weighted by Gasteiger charge is -2.12. The van der Waals surface area contributed by atoms with Crippen LogP contribution in [0.2, 0.25) is 0 Å². The zero-order valence-corrected chi connectivity index (χ0v) is 18.9. The number of benzene rings is 1. The highest BCUT2D eigenvalue weighted by Crippen LogP contribution is 2.34. The summed E-state index contributed by atoms with van der Waals surface area (Å²) >= 11 is 0. The zero-order chi connectivity index (χ0) is 23.4. The molecule has 1 N–H and O–H groups in total. The highest BCUT2D eigenvalue weighted by atomic mass is 16.6. The van der Waals surface area contributed by atoms with Gasteiger partial charge in [-0.15, -0.1) is 0 Å². The third-order valence-corrected chi connectivity index (χ3v) is 5.39. The van der Waals surface area contributed by atoms with E-state index in [1.54, 1.807) is 10.6 Å². The van der Waals surface area contributed by atoms with Crippen LogP contribution in [0.5, 0.6) is 11.5 Å². The molecule has 32 heavy (non-hydrogen) atoms. The Bertz CT molecular complexity index is 1170. The molecule has 0 fully saturated rings. The Balaban J connectivity index is 1.63. The van der Waals surface area contributed by atoms with E-state index in [9.17, 15) is 14.9 Å². The van der Waals surface area contributed by atoms with Crippen molar-refractivity contribution in [3.63, 3.8) is 0 Å². The van der Waals surface area contributed by atoms with Gasteiger partial charge in [-0.2, -0.15) is 5.10 Å². The Labute approximate surface area is 185 Å². The number of aromatic nitrogens is 3. The van der Waals surface area contributed by atoms with E-state index in [2.05, 4.69) is 15.4 Å². The first kappa shape index (κ1) is 23.0. The number of hydrogen-bond donors (Lipinski definition) is 1. The predicted octanol–water partition coefficient (Wildman–Crippen LogP) is 2.87. The van der Waals surface area contributed by atoms with Crippen LogP contribution in [0.15, 0.2) is 18.2 Å². The van der Waals surface area contributed by atoms with Crippen molar-refractivity contribution in [3.05, 3.63) is 56.5 Å². The number of nitro groups is 1. The van der Waals surface area contributed by atoms with Gasteiger partial charge in [-0.25, -0.2) is 9.50 Å². The number of amides is 1. The molecule has 10 nitrogen and oxygen atoms in total. The van der Waals surface area contributed by atoms with E-state index in [1.807, 2.05) is 26.8 Å². The van der Waals surface area contributed by atoms with Crippen LogP contribution in [-0.4, -0.2) is 46.2 Å². The minimum absolute atomic E-state index is 0.0722. The summed E-state index contributed by atoms with van der Waals surface area (Å²) in [6.45, 7) is 6.08. The number of nitrogens with one attached hydrogen (secondary N) is 1.